The van der Waals surface area contributed by atoms with Crippen molar-refractivity contribution < 1.29 is 23.5 Å². The number of halogens is 2. The van der Waals surface area contributed by atoms with Crippen LogP contribution in [0.5, 0.6) is 5.88 Å². The third-order valence-electron chi connectivity index (χ3n) is 8.45. The molecule has 2 amide bonds. The zero-order chi connectivity index (χ0) is 33.2. The number of piperazine rings is 1. The van der Waals surface area contributed by atoms with Gasteiger partial charge in [0.05, 0.1) is 17.9 Å². The molecule has 1 aromatic heterocycles. The van der Waals surface area contributed by atoms with Crippen LogP contribution < -0.4 is 9.64 Å². The number of ether oxygens (including phenoxy) is 2. The van der Waals surface area contributed by atoms with Crippen LogP contribution in [-0.4, -0.2) is 76.5 Å². The minimum atomic E-state index is -0.605. The lowest BCUT2D eigenvalue weighted by atomic mass is 9.91. The first-order chi connectivity index (χ1) is 21.7. The van der Waals surface area contributed by atoms with Gasteiger partial charge in [-0.2, -0.15) is 0 Å². The van der Waals surface area contributed by atoms with E-state index in [0.717, 1.165) is 28.1 Å². The summed E-state index contributed by atoms with van der Waals surface area (Å²) >= 11 is 6.40. The monoisotopic (exact) mass is 650 g/mol. The first-order valence-electron chi connectivity index (χ1n) is 15.8. The minimum absolute atomic E-state index is 0.0626. The maximum Gasteiger partial charge on any atom is 0.410 e. The molecular weight excluding hydrogens is 607 g/mol. The Morgan fingerprint density at radius 2 is 1.74 bits per heavy atom. The molecule has 3 heterocycles. The molecule has 8 nitrogen and oxygen atoms in total. The van der Waals surface area contributed by atoms with Crippen molar-refractivity contribution in [3.63, 3.8) is 0 Å². The lowest BCUT2D eigenvalue weighted by Gasteiger charge is -2.44. The SMILES string of the molecule is C[C@@H]1CN(CC(=O)N2CC(C)(C)c3nc(OCc4ccccc4)c(Cc4ccc(F)cc4)cc32)[C@@H](CCl)CN1C(=O)OC(C)(C)C. The Morgan fingerprint density at radius 3 is 2.39 bits per heavy atom. The summed E-state index contributed by atoms with van der Waals surface area (Å²) in [5.41, 5.74) is 3.26. The van der Waals surface area contributed by atoms with E-state index >= 15 is 0 Å². The van der Waals surface area contributed by atoms with Gasteiger partial charge in [0.15, 0.2) is 0 Å². The number of alkyl halides is 1. The molecule has 2 atom stereocenters. The van der Waals surface area contributed by atoms with Gasteiger partial charge in [-0.1, -0.05) is 56.3 Å². The van der Waals surface area contributed by atoms with Gasteiger partial charge in [0.25, 0.3) is 0 Å². The van der Waals surface area contributed by atoms with E-state index in [-0.39, 0.29) is 42.3 Å². The fourth-order valence-corrected chi connectivity index (χ4v) is 6.38. The smallest absolute Gasteiger partial charge is 0.410 e. The van der Waals surface area contributed by atoms with Crippen molar-refractivity contribution in [2.24, 2.45) is 0 Å². The summed E-state index contributed by atoms with van der Waals surface area (Å²) in [5.74, 6) is 0.412. The molecule has 0 saturated carbocycles. The lowest BCUT2D eigenvalue weighted by Crippen LogP contribution is -2.61. The van der Waals surface area contributed by atoms with E-state index in [1.54, 1.807) is 17.0 Å². The van der Waals surface area contributed by atoms with Gasteiger partial charge < -0.3 is 19.3 Å². The molecular formula is C36H44ClFN4O4. The van der Waals surface area contributed by atoms with E-state index in [9.17, 15) is 14.0 Å². The highest BCUT2D eigenvalue weighted by Gasteiger charge is 2.43. The maximum atomic E-state index is 14.1. The van der Waals surface area contributed by atoms with Crippen LogP contribution in [0.15, 0.2) is 60.7 Å². The van der Waals surface area contributed by atoms with Crippen LogP contribution in [0.25, 0.3) is 0 Å². The van der Waals surface area contributed by atoms with Crippen molar-refractivity contribution in [1.82, 2.24) is 14.8 Å². The summed E-state index contributed by atoms with van der Waals surface area (Å²) in [5, 5.41) is 0. The van der Waals surface area contributed by atoms with Crippen LogP contribution in [0.2, 0.25) is 0 Å². The number of aromatic nitrogens is 1. The number of nitrogens with zero attached hydrogens (tertiary/aromatic N) is 4. The van der Waals surface area contributed by atoms with Gasteiger partial charge in [0, 0.05) is 55.0 Å². The summed E-state index contributed by atoms with van der Waals surface area (Å²) < 4.78 is 25.6. The maximum absolute atomic E-state index is 14.1. The van der Waals surface area contributed by atoms with Crippen LogP contribution >= 0.6 is 11.6 Å². The van der Waals surface area contributed by atoms with E-state index in [1.807, 2.05) is 69.0 Å². The van der Waals surface area contributed by atoms with Gasteiger partial charge in [-0.05, 0) is 57.0 Å². The number of anilines is 1. The predicted octanol–water partition coefficient (Wildman–Crippen LogP) is 6.56. The first kappa shape index (κ1) is 33.7. The molecule has 10 heteroatoms. The number of carbonyl (C=O) groups is 2. The largest absolute Gasteiger partial charge is 0.473 e. The second-order valence-electron chi connectivity index (χ2n) is 14.0. The summed E-state index contributed by atoms with van der Waals surface area (Å²) in [7, 11) is 0. The number of fused-ring (bicyclic) bond motifs is 1. The fourth-order valence-electron chi connectivity index (χ4n) is 6.09. The average molecular weight is 651 g/mol. The van der Waals surface area contributed by atoms with Crippen molar-refractivity contribution >= 4 is 29.3 Å². The zero-order valence-corrected chi connectivity index (χ0v) is 28.3. The minimum Gasteiger partial charge on any atom is -0.473 e. The zero-order valence-electron chi connectivity index (χ0n) is 27.6. The molecule has 1 saturated heterocycles. The topological polar surface area (TPSA) is 75.2 Å². The van der Waals surface area contributed by atoms with Gasteiger partial charge in [-0.15, -0.1) is 11.6 Å². The van der Waals surface area contributed by atoms with E-state index in [1.165, 1.54) is 12.1 Å². The number of hydrogen-bond donors (Lipinski definition) is 0. The van der Waals surface area contributed by atoms with Crippen molar-refractivity contribution in [2.45, 2.75) is 77.7 Å². The molecule has 0 bridgehead atoms. The van der Waals surface area contributed by atoms with Crippen LogP contribution in [-0.2, 0) is 28.0 Å². The second kappa shape index (κ2) is 13.6. The third-order valence-corrected chi connectivity index (χ3v) is 8.81. The summed E-state index contributed by atoms with van der Waals surface area (Å²) in [6, 6.07) is 17.9. The molecule has 5 rings (SSSR count). The molecule has 2 aromatic carbocycles. The van der Waals surface area contributed by atoms with Gasteiger partial charge in [-0.3, -0.25) is 9.69 Å². The number of amides is 2. The third kappa shape index (κ3) is 7.81. The van der Waals surface area contributed by atoms with Gasteiger partial charge >= 0.3 is 6.09 Å². The molecule has 2 aliphatic rings. The predicted molar refractivity (Wildman–Crippen MR) is 178 cm³/mol. The molecule has 0 radical (unpaired) electrons. The highest BCUT2D eigenvalue weighted by atomic mass is 35.5. The van der Waals surface area contributed by atoms with E-state index in [0.29, 0.717) is 38.5 Å². The standard InChI is InChI=1S/C36H44ClFN4O4/c1-24-19-40(29(18-37)20-41(24)34(44)46-35(2,3)4)21-31(43)42-23-36(5,6)32-30(42)17-27(16-25-12-14-28(38)15-13-25)33(39-32)45-22-26-10-8-7-9-11-26/h7-15,17,24,29H,16,18-23H2,1-6H3/t24-,29+/m1/s1. The summed E-state index contributed by atoms with van der Waals surface area (Å²) in [6.07, 6.45) is 0.0902. The summed E-state index contributed by atoms with van der Waals surface area (Å²) in [6.45, 7) is 13.5. The Labute approximate surface area is 276 Å². The van der Waals surface area contributed by atoms with Crippen LogP contribution in [0.3, 0.4) is 0 Å². The fraction of sp³-hybridized carbons (Fsp3) is 0.472. The molecule has 1 fully saturated rings. The van der Waals surface area contributed by atoms with Crippen molar-refractivity contribution in [3.8, 4) is 5.88 Å². The normalized spacial score (nSPS) is 19.6. The van der Waals surface area contributed by atoms with E-state index in [2.05, 4.69) is 18.7 Å². The Balaban J connectivity index is 1.40. The van der Waals surface area contributed by atoms with Gasteiger partial charge in [0.1, 0.15) is 18.0 Å². The van der Waals surface area contributed by atoms with Crippen molar-refractivity contribution in [1.29, 1.82) is 0 Å². The van der Waals surface area contributed by atoms with Gasteiger partial charge in [0.2, 0.25) is 11.8 Å². The van der Waals surface area contributed by atoms with Crippen molar-refractivity contribution in [3.05, 3.63) is 88.9 Å². The van der Waals surface area contributed by atoms with Gasteiger partial charge in [-0.25, -0.2) is 14.2 Å². The Kier molecular flexibility index (Phi) is 9.94. The molecule has 2 aliphatic heterocycles. The highest BCUT2D eigenvalue weighted by molar-refractivity contribution is 6.18. The number of carbonyl (C=O) groups excluding carboxylic acids is 2. The summed E-state index contributed by atoms with van der Waals surface area (Å²) in [4.78, 5) is 37.6. The molecule has 0 spiro atoms. The lowest BCUT2D eigenvalue weighted by molar-refractivity contribution is -0.121. The van der Waals surface area contributed by atoms with Crippen molar-refractivity contribution in [2.75, 3.05) is 37.0 Å². The van der Waals surface area contributed by atoms with Crippen LogP contribution in [0.4, 0.5) is 14.9 Å². The van der Waals surface area contributed by atoms with E-state index in [4.69, 9.17) is 26.1 Å². The Hall–Kier alpha value is -3.69. The number of rotatable bonds is 8. The average Bonchev–Trinajstić information content (AvgIpc) is 3.26. The molecule has 46 heavy (non-hydrogen) atoms. The first-order valence-corrected chi connectivity index (χ1v) is 16.3. The molecule has 3 aromatic rings. The Morgan fingerprint density at radius 1 is 1.04 bits per heavy atom. The number of hydrogen-bond acceptors (Lipinski definition) is 6. The molecule has 0 aliphatic carbocycles. The Bertz CT molecular complexity index is 1540. The molecule has 0 unspecified atom stereocenters. The quantitative estimate of drug-likeness (QED) is 0.257. The van der Waals surface area contributed by atoms with E-state index < -0.39 is 11.0 Å². The van der Waals surface area contributed by atoms with Crippen LogP contribution in [0, 0.1) is 5.82 Å². The number of benzene rings is 2. The highest BCUT2D eigenvalue weighted by Crippen LogP contribution is 2.42. The van der Waals surface area contributed by atoms with Crippen LogP contribution in [0.1, 0.15) is 63.9 Å². The second-order valence-corrected chi connectivity index (χ2v) is 14.3. The number of pyridine rings is 1. The molecule has 246 valence electrons. The molecule has 0 N–H and O–H groups in total.